The Bertz CT molecular complexity index is 851. The molecule has 3 nitrogen and oxygen atoms in total. The van der Waals surface area contributed by atoms with Gasteiger partial charge in [-0.3, -0.25) is 14.5 Å². The van der Waals surface area contributed by atoms with Gasteiger partial charge in [-0.05, 0) is 41.2 Å². The Morgan fingerprint density at radius 3 is 2.04 bits per heavy atom. The highest BCUT2D eigenvalue weighted by molar-refractivity contribution is 9.12. The number of fused-ring (bicyclic) bond motifs is 6. The van der Waals surface area contributed by atoms with Gasteiger partial charge < -0.3 is 0 Å². The zero-order valence-electron chi connectivity index (χ0n) is 12.7. The number of carbonyl (C=O) groups excluding carboxylic acids is 2. The third-order valence-electron chi connectivity index (χ3n) is 5.98. The van der Waals surface area contributed by atoms with Crippen molar-refractivity contribution >= 4 is 60.1 Å². The van der Waals surface area contributed by atoms with Crippen LogP contribution in [-0.2, 0) is 9.59 Å². The van der Waals surface area contributed by atoms with Crippen LogP contribution in [0.2, 0.25) is 0 Å². The van der Waals surface area contributed by atoms with E-state index in [1.54, 1.807) is 0 Å². The van der Waals surface area contributed by atoms with Crippen LogP contribution >= 0.6 is 31.9 Å². The standard InChI is InChI=1S/C19H15Br2NO2/c20-16-12-8-13(17(16)21)15-14(12)18(23)22(19(15)24)11-6-5-9-3-1-2-4-10(9)7-11/h1-7,12-17H,8H2/t12-,13+,14-,15-,16-,17+/m0/s1. The van der Waals surface area contributed by atoms with Crippen LogP contribution < -0.4 is 4.90 Å². The molecular weight excluding hydrogens is 434 g/mol. The van der Waals surface area contributed by atoms with Crippen molar-refractivity contribution in [3.8, 4) is 0 Å². The molecule has 1 heterocycles. The molecule has 6 atom stereocenters. The van der Waals surface area contributed by atoms with E-state index in [4.69, 9.17) is 0 Å². The van der Waals surface area contributed by atoms with Crippen LogP contribution in [0.25, 0.3) is 10.8 Å². The minimum Gasteiger partial charge on any atom is -0.274 e. The first-order valence-electron chi connectivity index (χ1n) is 8.22. The van der Waals surface area contributed by atoms with Crippen LogP contribution in [0, 0.1) is 23.7 Å². The summed E-state index contributed by atoms with van der Waals surface area (Å²) in [5.41, 5.74) is 0.703. The van der Waals surface area contributed by atoms with E-state index < -0.39 is 0 Å². The number of hydrogen-bond donors (Lipinski definition) is 0. The van der Waals surface area contributed by atoms with Crippen LogP contribution in [0.15, 0.2) is 42.5 Å². The van der Waals surface area contributed by atoms with Crippen molar-refractivity contribution in [1.29, 1.82) is 0 Å². The van der Waals surface area contributed by atoms with Gasteiger partial charge >= 0.3 is 0 Å². The third-order valence-corrected chi connectivity index (χ3v) is 9.18. The number of alkyl halides is 2. The zero-order chi connectivity index (χ0) is 16.6. The Balaban J connectivity index is 1.57. The molecule has 1 aliphatic heterocycles. The van der Waals surface area contributed by atoms with E-state index in [1.807, 2.05) is 42.5 Å². The maximum Gasteiger partial charge on any atom is 0.238 e. The molecule has 122 valence electrons. The molecule has 2 saturated carbocycles. The number of nitrogens with zero attached hydrogens (tertiary/aromatic N) is 1. The molecule has 5 heteroatoms. The van der Waals surface area contributed by atoms with Gasteiger partial charge in [0.25, 0.3) is 0 Å². The van der Waals surface area contributed by atoms with Crippen molar-refractivity contribution < 1.29 is 9.59 Å². The van der Waals surface area contributed by atoms with Crippen LogP contribution in [0.5, 0.6) is 0 Å². The molecule has 5 rings (SSSR count). The Morgan fingerprint density at radius 1 is 0.833 bits per heavy atom. The molecule has 2 bridgehead atoms. The van der Waals surface area contributed by atoms with E-state index in [0.717, 1.165) is 17.2 Å². The lowest BCUT2D eigenvalue weighted by Crippen LogP contribution is -2.37. The maximum atomic E-state index is 13.0. The molecule has 2 amide bonds. The lowest BCUT2D eigenvalue weighted by atomic mass is 9.81. The lowest BCUT2D eigenvalue weighted by Gasteiger charge is -2.28. The number of hydrogen-bond acceptors (Lipinski definition) is 2. The first-order chi connectivity index (χ1) is 11.6. The van der Waals surface area contributed by atoms with Crippen molar-refractivity contribution in [2.24, 2.45) is 23.7 Å². The maximum absolute atomic E-state index is 13.0. The number of rotatable bonds is 1. The van der Waals surface area contributed by atoms with Gasteiger partial charge in [-0.1, -0.05) is 62.2 Å². The van der Waals surface area contributed by atoms with Gasteiger partial charge in [-0.2, -0.15) is 0 Å². The van der Waals surface area contributed by atoms with Gasteiger partial charge in [0, 0.05) is 9.65 Å². The van der Waals surface area contributed by atoms with E-state index in [1.165, 1.54) is 4.90 Å². The molecule has 3 aliphatic rings. The molecule has 3 fully saturated rings. The SMILES string of the molecule is O=C1[C@H]2[C@@H]3C[C@@H]([C@@H](Br)[C@H]3Br)[C@@H]2C(=O)N1c1ccc2ccccc2c1. The van der Waals surface area contributed by atoms with E-state index in [-0.39, 0.29) is 45.1 Å². The largest absolute Gasteiger partial charge is 0.274 e. The molecule has 0 radical (unpaired) electrons. The molecule has 1 saturated heterocycles. The van der Waals surface area contributed by atoms with Crippen molar-refractivity contribution in [3.63, 3.8) is 0 Å². The second-order valence-corrected chi connectivity index (χ2v) is 9.16. The predicted octanol–water partition coefficient (Wildman–Crippen LogP) is 4.12. The number of imide groups is 1. The second-order valence-electron chi connectivity index (χ2n) is 7.05. The Morgan fingerprint density at radius 2 is 1.42 bits per heavy atom. The molecule has 0 spiro atoms. The highest BCUT2D eigenvalue weighted by Gasteiger charge is 2.66. The van der Waals surface area contributed by atoms with Gasteiger partial charge in [0.15, 0.2) is 0 Å². The van der Waals surface area contributed by atoms with E-state index >= 15 is 0 Å². The van der Waals surface area contributed by atoms with E-state index in [9.17, 15) is 9.59 Å². The minimum atomic E-state index is -0.160. The average Bonchev–Trinajstić information content (AvgIpc) is 3.19. The Kier molecular flexibility index (Phi) is 3.24. The summed E-state index contributed by atoms with van der Waals surface area (Å²) < 4.78 is 0. The first kappa shape index (κ1) is 15.1. The fourth-order valence-electron chi connectivity index (χ4n) is 4.92. The quantitative estimate of drug-likeness (QED) is 0.486. The first-order valence-corrected chi connectivity index (χ1v) is 10.1. The molecule has 2 aromatic carbocycles. The second kappa shape index (κ2) is 5.15. The lowest BCUT2D eigenvalue weighted by molar-refractivity contribution is -0.123. The van der Waals surface area contributed by atoms with E-state index in [2.05, 4.69) is 31.9 Å². The topological polar surface area (TPSA) is 37.4 Å². The normalized spacial score (nSPS) is 37.5. The summed E-state index contributed by atoms with van der Waals surface area (Å²) in [5.74, 6) is 0.158. The molecule has 2 aliphatic carbocycles. The summed E-state index contributed by atoms with van der Waals surface area (Å²) in [6.45, 7) is 0. The van der Waals surface area contributed by atoms with Crippen molar-refractivity contribution in [2.75, 3.05) is 4.90 Å². The van der Waals surface area contributed by atoms with Crippen LogP contribution in [0.4, 0.5) is 5.69 Å². The smallest absolute Gasteiger partial charge is 0.238 e. The van der Waals surface area contributed by atoms with Crippen LogP contribution in [0.1, 0.15) is 6.42 Å². The summed E-state index contributed by atoms with van der Waals surface area (Å²) in [5, 5.41) is 2.16. The number of carbonyl (C=O) groups is 2. The fraction of sp³-hybridized carbons (Fsp3) is 0.368. The number of amides is 2. The van der Waals surface area contributed by atoms with Gasteiger partial charge in [-0.25, -0.2) is 0 Å². The van der Waals surface area contributed by atoms with E-state index in [0.29, 0.717) is 5.69 Å². The van der Waals surface area contributed by atoms with Crippen LogP contribution in [0.3, 0.4) is 0 Å². The third kappa shape index (κ3) is 1.83. The molecule has 0 aromatic heterocycles. The van der Waals surface area contributed by atoms with Gasteiger partial charge in [0.1, 0.15) is 0 Å². The molecule has 2 aromatic rings. The summed E-state index contributed by atoms with van der Waals surface area (Å²) in [4.78, 5) is 28.1. The average molecular weight is 449 g/mol. The summed E-state index contributed by atoms with van der Waals surface area (Å²) in [6, 6.07) is 13.8. The summed E-state index contributed by atoms with van der Waals surface area (Å²) in [6.07, 6.45) is 0.963. The predicted molar refractivity (Wildman–Crippen MR) is 100 cm³/mol. The summed E-state index contributed by atoms with van der Waals surface area (Å²) >= 11 is 7.45. The van der Waals surface area contributed by atoms with Gasteiger partial charge in [0.05, 0.1) is 17.5 Å². The fourth-order valence-corrected chi connectivity index (χ4v) is 6.79. The summed E-state index contributed by atoms with van der Waals surface area (Å²) in [7, 11) is 0. The minimum absolute atomic E-state index is 0.0170. The number of halogens is 2. The highest BCUT2D eigenvalue weighted by atomic mass is 79.9. The van der Waals surface area contributed by atoms with Gasteiger partial charge in [-0.15, -0.1) is 0 Å². The molecule has 0 N–H and O–H groups in total. The molecule has 0 unspecified atom stereocenters. The number of anilines is 1. The van der Waals surface area contributed by atoms with Crippen LogP contribution in [-0.4, -0.2) is 21.5 Å². The number of benzene rings is 2. The molecular formula is C19H15Br2NO2. The van der Waals surface area contributed by atoms with Crippen molar-refractivity contribution in [3.05, 3.63) is 42.5 Å². The van der Waals surface area contributed by atoms with Crippen molar-refractivity contribution in [1.82, 2.24) is 0 Å². The van der Waals surface area contributed by atoms with Crippen molar-refractivity contribution in [2.45, 2.75) is 16.1 Å². The highest BCUT2D eigenvalue weighted by Crippen LogP contribution is 2.60. The monoisotopic (exact) mass is 447 g/mol. The van der Waals surface area contributed by atoms with Gasteiger partial charge in [0.2, 0.25) is 11.8 Å². The Labute approximate surface area is 156 Å². The Hall–Kier alpha value is -1.20. The molecule has 24 heavy (non-hydrogen) atoms. The zero-order valence-corrected chi connectivity index (χ0v) is 15.9.